The van der Waals surface area contributed by atoms with Crippen molar-refractivity contribution in [1.82, 2.24) is 4.98 Å². The van der Waals surface area contributed by atoms with Crippen LogP contribution in [-0.4, -0.2) is 16.4 Å². The fourth-order valence-electron chi connectivity index (χ4n) is 1.59. The second-order valence-corrected chi connectivity index (χ2v) is 3.43. The molecule has 1 aromatic heterocycles. The van der Waals surface area contributed by atoms with E-state index in [1.807, 2.05) is 12.3 Å². The fourth-order valence-corrected chi connectivity index (χ4v) is 1.59. The third-order valence-electron chi connectivity index (χ3n) is 2.54. The van der Waals surface area contributed by atoms with Gasteiger partial charge in [-0.1, -0.05) is 0 Å². The minimum absolute atomic E-state index is 0.106. The van der Waals surface area contributed by atoms with E-state index in [-0.39, 0.29) is 11.4 Å². The number of fused-ring (bicyclic) bond motifs is 1. The van der Waals surface area contributed by atoms with Gasteiger partial charge in [-0.25, -0.2) is 0 Å². The van der Waals surface area contributed by atoms with Gasteiger partial charge in [-0.05, 0) is 18.9 Å². The Kier molecular flexibility index (Phi) is 0.842. The lowest BCUT2D eigenvalue weighted by atomic mass is 10.2. The molecule has 1 aromatic rings. The number of carbonyl (C=O) groups is 1. The first-order chi connectivity index (χ1) is 5.80. The summed E-state index contributed by atoms with van der Waals surface area (Å²) in [6, 6.07) is 1.86. The average Bonchev–Trinajstić information content (AvgIpc) is 2.67. The van der Waals surface area contributed by atoms with Gasteiger partial charge in [0.15, 0.2) is 0 Å². The second kappa shape index (κ2) is 1.65. The summed E-state index contributed by atoms with van der Waals surface area (Å²) in [4.78, 5) is 14.5. The van der Waals surface area contributed by atoms with Gasteiger partial charge in [0.25, 0.3) is 0 Å². The van der Waals surface area contributed by atoms with E-state index < -0.39 is 0 Å². The molecule has 2 aliphatic rings. The Bertz CT molecular complexity index is 351. The smallest absolute Gasteiger partial charge is 0.250 e. The molecule has 1 saturated carbocycles. The quantitative estimate of drug-likeness (QED) is 0.532. The largest absolute Gasteiger partial charge is 0.356 e. The molecule has 0 saturated heterocycles. The molecule has 1 fully saturated rings. The molecule has 12 heavy (non-hydrogen) atoms. The number of aromatic amines is 1. The normalized spacial score (nSPS) is 22.8. The molecule has 0 atom stereocenters. The van der Waals surface area contributed by atoms with Crippen LogP contribution in [0.25, 0.3) is 0 Å². The molecular formula is C8H9N3O. The van der Waals surface area contributed by atoms with Crippen LogP contribution in [0.3, 0.4) is 0 Å². The Labute approximate surface area is 69.3 Å². The summed E-state index contributed by atoms with van der Waals surface area (Å²) < 4.78 is 0. The van der Waals surface area contributed by atoms with Crippen molar-refractivity contribution in [3.8, 4) is 0 Å². The third kappa shape index (κ3) is 0.598. The Hall–Kier alpha value is -1.45. The zero-order chi connectivity index (χ0) is 8.18. The zero-order valence-corrected chi connectivity index (χ0v) is 6.48. The van der Waals surface area contributed by atoms with Crippen LogP contribution in [0.15, 0.2) is 12.3 Å². The van der Waals surface area contributed by atoms with Crippen LogP contribution in [0.5, 0.6) is 0 Å². The van der Waals surface area contributed by atoms with Crippen molar-refractivity contribution >= 4 is 17.4 Å². The van der Waals surface area contributed by atoms with Crippen molar-refractivity contribution in [1.29, 1.82) is 0 Å². The minimum atomic E-state index is -0.280. The van der Waals surface area contributed by atoms with Crippen LogP contribution in [0.1, 0.15) is 12.8 Å². The predicted octanol–water partition coefficient (Wildman–Crippen LogP) is 0.911. The standard InChI is InChI=1S/C8H9N3O/c12-7-8(2-3-8)11-6-5(10-7)1-4-9-6/h1,4,9,11H,2-3H2,(H,10,12). The van der Waals surface area contributed by atoms with E-state index in [4.69, 9.17) is 0 Å². The van der Waals surface area contributed by atoms with Crippen LogP contribution in [0.2, 0.25) is 0 Å². The van der Waals surface area contributed by atoms with Crippen molar-refractivity contribution in [2.75, 3.05) is 10.6 Å². The third-order valence-corrected chi connectivity index (χ3v) is 2.54. The van der Waals surface area contributed by atoms with Gasteiger partial charge < -0.3 is 15.6 Å². The Balaban J connectivity index is 2.07. The molecule has 0 unspecified atom stereocenters. The molecule has 1 aliphatic carbocycles. The maximum absolute atomic E-state index is 11.5. The maximum atomic E-state index is 11.5. The van der Waals surface area contributed by atoms with E-state index in [9.17, 15) is 4.79 Å². The van der Waals surface area contributed by atoms with E-state index in [2.05, 4.69) is 15.6 Å². The number of hydrogen-bond donors (Lipinski definition) is 3. The van der Waals surface area contributed by atoms with Crippen LogP contribution in [-0.2, 0) is 4.79 Å². The zero-order valence-electron chi connectivity index (χ0n) is 6.48. The summed E-state index contributed by atoms with van der Waals surface area (Å²) in [5.41, 5.74) is 0.579. The van der Waals surface area contributed by atoms with Gasteiger partial charge in [-0.3, -0.25) is 4.79 Å². The summed E-state index contributed by atoms with van der Waals surface area (Å²) in [5.74, 6) is 1.04. The summed E-state index contributed by atoms with van der Waals surface area (Å²) in [5, 5.41) is 6.07. The molecule has 0 bridgehead atoms. The first-order valence-electron chi connectivity index (χ1n) is 4.07. The predicted molar refractivity (Wildman–Crippen MR) is 45.0 cm³/mol. The molecule has 1 aliphatic heterocycles. The monoisotopic (exact) mass is 163 g/mol. The molecule has 4 heteroatoms. The van der Waals surface area contributed by atoms with E-state index in [0.29, 0.717) is 0 Å². The number of amides is 1. The average molecular weight is 163 g/mol. The molecule has 2 heterocycles. The number of H-pyrrole nitrogens is 1. The molecule has 1 spiro atoms. The highest BCUT2D eigenvalue weighted by molar-refractivity contribution is 6.07. The van der Waals surface area contributed by atoms with Crippen molar-refractivity contribution in [3.63, 3.8) is 0 Å². The van der Waals surface area contributed by atoms with Gasteiger partial charge in [0.1, 0.15) is 11.4 Å². The molecule has 4 nitrogen and oxygen atoms in total. The summed E-state index contributed by atoms with van der Waals surface area (Å²) in [6.07, 6.45) is 3.70. The molecule has 62 valence electrons. The molecule has 3 rings (SSSR count). The van der Waals surface area contributed by atoms with Gasteiger partial charge in [0, 0.05) is 6.20 Å². The minimum Gasteiger partial charge on any atom is -0.356 e. The van der Waals surface area contributed by atoms with E-state index >= 15 is 0 Å². The highest BCUT2D eigenvalue weighted by Gasteiger charge is 2.52. The molecule has 1 amide bonds. The number of nitrogens with one attached hydrogen (secondary N) is 3. The Morgan fingerprint density at radius 3 is 3.00 bits per heavy atom. The van der Waals surface area contributed by atoms with Crippen molar-refractivity contribution < 1.29 is 4.79 Å². The van der Waals surface area contributed by atoms with E-state index in [1.54, 1.807) is 0 Å². The first kappa shape index (κ1) is 6.11. The van der Waals surface area contributed by atoms with Crippen molar-refractivity contribution in [2.45, 2.75) is 18.4 Å². The lowest BCUT2D eigenvalue weighted by molar-refractivity contribution is -0.117. The number of rotatable bonds is 0. The highest BCUT2D eigenvalue weighted by Crippen LogP contribution is 2.44. The van der Waals surface area contributed by atoms with Gasteiger partial charge in [-0.15, -0.1) is 0 Å². The number of anilines is 2. The Morgan fingerprint density at radius 2 is 2.25 bits per heavy atom. The number of aromatic nitrogens is 1. The van der Waals surface area contributed by atoms with Gasteiger partial charge in [0.05, 0.1) is 5.69 Å². The van der Waals surface area contributed by atoms with E-state index in [1.165, 1.54) is 0 Å². The van der Waals surface area contributed by atoms with Crippen LogP contribution in [0, 0.1) is 0 Å². The highest BCUT2D eigenvalue weighted by atomic mass is 16.2. The van der Waals surface area contributed by atoms with Crippen LogP contribution in [0.4, 0.5) is 11.5 Å². The number of hydrogen-bond acceptors (Lipinski definition) is 2. The molecule has 3 N–H and O–H groups in total. The van der Waals surface area contributed by atoms with Crippen molar-refractivity contribution in [3.05, 3.63) is 12.3 Å². The number of carbonyl (C=O) groups excluding carboxylic acids is 1. The maximum Gasteiger partial charge on any atom is 0.250 e. The summed E-state index contributed by atoms with van der Waals surface area (Å²) >= 11 is 0. The molecular weight excluding hydrogens is 154 g/mol. The van der Waals surface area contributed by atoms with Gasteiger partial charge in [0.2, 0.25) is 5.91 Å². The van der Waals surface area contributed by atoms with Crippen molar-refractivity contribution in [2.24, 2.45) is 0 Å². The van der Waals surface area contributed by atoms with E-state index in [0.717, 1.165) is 24.3 Å². The second-order valence-electron chi connectivity index (χ2n) is 3.43. The fraction of sp³-hybridized carbons (Fsp3) is 0.375. The van der Waals surface area contributed by atoms with Gasteiger partial charge >= 0.3 is 0 Å². The molecule has 0 radical (unpaired) electrons. The first-order valence-corrected chi connectivity index (χ1v) is 4.07. The Morgan fingerprint density at radius 1 is 1.42 bits per heavy atom. The van der Waals surface area contributed by atoms with Crippen LogP contribution >= 0.6 is 0 Å². The SMILES string of the molecule is O=C1Nc2cc[nH]c2NC12CC2. The molecule has 0 aromatic carbocycles. The summed E-state index contributed by atoms with van der Waals surface area (Å²) in [6.45, 7) is 0. The lowest BCUT2D eigenvalue weighted by Gasteiger charge is -2.23. The topological polar surface area (TPSA) is 56.9 Å². The van der Waals surface area contributed by atoms with Crippen LogP contribution < -0.4 is 10.6 Å². The van der Waals surface area contributed by atoms with Gasteiger partial charge in [-0.2, -0.15) is 0 Å². The summed E-state index contributed by atoms with van der Waals surface area (Å²) in [7, 11) is 0. The lowest BCUT2D eigenvalue weighted by Crippen LogP contribution is -2.40.